The third kappa shape index (κ3) is 4.18. The van der Waals surface area contributed by atoms with E-state index in [0.29, 0.717) is 55.7 Å². The average Bonchev–Trinajstić information content (AvgIpc) is 3.32. The number of nitrogens with zero attached hydrogens (tertiary/aromatic N) is 5. The summed E-state index contributed by atoms with van der Waals surface area (Å²) in [5, 5.41) is 12.0. The second-order valence-electron chi connectivity index (χ2n) is 9.41. The predicted octanol–water partition coefficient (Wildman–Crippen LogP) is 4.00. The van der Waals surface area contributed by atoms with Crippen molar-refractivity contribution >= 4 is 27.5 Å². The van der Waals surface area contributed by atoms with Gasteiger partial charge in [-0.25, -0.2) is 4.39 Å². The summed E-state index contributed by atoms with van der Waals surface area (Å²) in [7, 11) is 2.09. The third-order valence-corrected chi connectivity index (χ3v) is 7.15. The van der Waals surface area contributed by atoms with Gasteiger partial charge in [0.25, 0.3) is 0 Å². The maximum absolute atomic E-state index is 16.2. The maximum atomic E-state index is 16.2. The van der Waals surface area contributed by atoms with E-state index in [1.54, 1.807) is 24.4 Å². The number of ether oxygens (including phenoxy) is 2. The number of likely N-dealkylation sites (tertiary alicyclic amines) is 1. The molecule has 186 valence electrons. The second kappa shape index (κ2) is 9.48. The number of anilines is 1. The normalized spacial score (nSPS) is 18.8. The minimum Gasteiger partial charge on any atom is -0.508 e. The molecule has 2 aliphatic rings. The van der Waals surface area contributed by atoms with Crippen molar-refractivity contribution in [2.45, 2.75) is 18.9 Å². The van der Waals surface area contributed by atoms with Crippen LogP contribution < -0.4 is 9.64 Å². The van der Waals surface area contributed by atoms with E-state index in [-0.39, 0.29) is 23.0 Å². The molecule has 0 unspecified atom stereocenters. The highest BCUT2D eigenvalue weighted by molar-refractivity contribution is 5.99. The number of pyridine rings is 1. The summed E-state index contributed by atoms with van der Waals surface area (Å²) in [6, 6.07) is 11.0. The van der Waals surface area contributed by atoms with Crippen LogP contribution in [-0.4, -0.2) is 77.5 Å². The van der Waals surface area contributed by atoms with Crippen molar-refractivity contribution in [1.29, 1.82) is 0 Å². The fourth-order valence-corrected chi connectivity index (χ4v) is 5.13. The van der Waals surface area contributed by atoms with Gasteiger partial charge in [-0.2, -0.15) is 9.97 Å². The van der Waals surface area contributed by atoms with E-state index < -0.39 is 5.82 Å². The van der Waals surface area contributed by atoms with Gasteiger partial charge in [-0.15, -0.1) is 0 Å². The van der Waals surface area contributed by atoms with Gasteiger partial charge in [0.1, 0.15) is 29.4 Å². The van der Waals surface area contributed by atoms with Gasteiger partial charge in [-0.3, -0.25) is 4.98 Å². The van der Waals surface area contributed by atoms with Crippen molar-refractivity contribution < 1.29 is 19.0 Å². The van der Waals surface area contributed by atoms with Crippen LogP contribution in [0.15, 0.2) is 42.6 Å². The topological polar surface area (TPSA) is 83.8 Å². The number of hydrogen-bond donors (Lipinski definition) is 1. The van der Waals surface area contributed by atoms with Crippen LogP contribution in [-0.2, 0) is 4.74 Å². The number of aromatic hydroxyl groups is 1. The van der Waals surface area contributed by atoms with Crippen LogP contribution in [0.5, 0.6) is 11.8 Å². The molecule has 0 radical (unpaired) electrons. The van der Waals surface area contributed by atoms with Crippen LogP contribution >= 0.6 is 0 Å². The number of fused-ring (bicyclic) bond motifs is 2. The maximum Gasteiger partial charge on any atom is 0.319 e. The highest BCUT2D eigenvalue weighted by Gasteiger charge is 2.25. The number of likely N-dealkylation sites (N-methyl/N-ethyl adjacent to an activating group) is 1. The van der Waals surface area contributed by atoms with E-state index in [9.17, 15) is 5.11 Å². The summed E-state index contributed by atoms with van der Waals surface area (Å²) in [6.45, 7) is 3.94. The number of hydrogen-bond acceptors (Lipinski definition) is 8. The Morgan fingerprint density at radius 1 is 1.11 bits per heavy atom. The van der Waals surface area contributed by atoms with Gasteiger partial charge in [-0.1, -0.05) is 24.3 Å². The van der Waals surface area contributed by atoms with Crippen LogP contribution in [0.3, 0.4) is 0 Å². The Hall–Kier alpha value is -3.56. The van der Waals surface area contributed by atoms with Crippen molar-refractivity contribution in [3.05, 3.63) is 48.4 Å². The molecule has 0 spiro atoms. The molecule has 1 atom stereocenters. The molecule has 6 rings (SSSR count). The molecule has 2 fully saturated rings. The molecule has 4 heterocycles. The number of phenols is 1. The first-order chi connectivity index (χ1) is 17.6. The molecule has 2 aromatic carbocycles. The number of halogens is 1. The minimum atomic E-state index is -0.521. The average molecular weight is 490 g/mol. The Kier molecular flexibility index (Phi) is 6.02. The molecule has 36 heavy (non-hydrogen) atoms. The summed E-state index contributed by atoms with van der Waals surface area (Å²) in [5.41, 5.74) is 1.02. The molecule has 2 saturated heterocycles. The number of aromatic nitrogens is 3. The second-order valence-corrected chi connectivity index (χ2v) is 9.41. The summed E-state index contributed by atoms with van der Waals surface area (Å²) in [5.74, 6) is 0.246. The van der Waals surface area contributed by atoms with Crippen molar-refractivity contribution in [3.63, 3.8) is 0 Å². The number of benzene rings is 2. The lowest BCUT2D eigenvalue weighted by Gasteiger charge is -2.29. The van der Waals surface area contributed by atoms with E-state index in [2.05, 4.69) is 26.8 Å². The van der Waals surface area contributed by atoms with Crippen LogP contribution in [0.2, 0.25) is 0 Å². The molecule has 0 bridgehead atoms. The van der Waals surface area contributed by atoms with Gasteiger partial charge in [0.05, 0.1) is 18.6 Å². The first kappa shape index (κ1) is 22.9. The number of phenolic OH excluding ortho intramolecular Hbond substituents is 1. The Morgan fingerprint density at radius 2 is 1.97 bits per heavy atom. The van der Waals surface area contributed by atoms with E-state index >= 15 is 4.39 Å². The SMILES string of the molecule is CN1CCC[C@H]1COc1nc(N2CCOCC2)c2cnc(-c3cccc4cc(O)ccc34)c(F)c2n1. The predicted molar refractivity (Wildman–Crippen MR) is 136 cm³/mol. The van der Waals surface area contributed by atoms with Gasteiger partial charge in [0.2, 0.25) is 0 Å². The van der Waals surface area contributed by atoms with Gasteiger partial charge in [0.15, 0.2) is 5.82 Å². The molecule has 0 saturated carbocycles. The van der Waals surface area contributed by atoms with Crippen LogP contribution in [0.1, 0.15) is 12.8 Å². The summed E-state index contributed by atoms with van der Waals surface area (Å²) in [4.78, 5) is 18.1. The zero-order valence-corrected chi connectivity index (χ0v) is 20.2. The molecule has 0 aliphatic carbocycles. The molecule has 8 nitrogen and oxygen atoms in total. The van der Waals surface area contributed by atoms with Gasteiger partial charge in [-0.05, 0) is 49.3 Å². The summed E-state index contributed by atoms with van der Waals surface area (Å²) < 4.78 is 27.7. The highest BCUT2D eigenvalue weighted by atomic mass is 19.1. The van der Waals surface area contributed by atoms with E-state index in [4.69, 9.17) is 14.5 Å². The molecular weight excluding hydrogens is 461 g/mol. The van der Waals surface area contributed by atoms with Crippen molar-refractivity contribution in [3.8, 4) is 23.0 Å². The smallest absolute Gasteiger partial charge is 0.319 e. The third-order valence-electron chi connectivity index (χ3n) is 7.15. The Bertz CT molecular complexity index is 1430. The first-order valence-electron chi connectivity index (χ1n) is 12.3. The largest absolute Gasteiger partial charge is 0.508 e. The van der Waals surface area contributed by atoms with Gasteiger partial charge < -0.3 is 24.4 Å². The highest BCUT2D eigenvalue weighted by Crippen LogP contribution is 2.35. The molecule has 0 amide bonds. The molecule has 1 N–H and O–H groups in total. The fraction of sp³-hybridized carbons (Fsp3) is 0.370. The van der Waals surface area contributed by atoms with Crippen molar-refractivity contribution in [2.24, 2.45) is 0 Å². The molecule has 4 aromatic rings. The van der Waals surface area contributed by atoms with Crippen molar-refractivity contribution in [2.75, 3.05) is 51.4 Å². The summed E-state index contributed by atoms with van der Waals surface area (Å²) >= 11 is 0. The quantitative estimate of drug-likeness (QED) is 0.451. The number of rotatable bonds is 5. The minimum absolute atomic E-state index is 0.157. The Balaban J connectivity index is 1.47. The monoisotopic (exact) mass is 489 g/mol. The fourth-order valence-electron chi connectivity index (χ4n) is 5.13. The molecule has 2 aromatic heterocycles. The lowest BCUT2D eigenvalue weighted by atomic mass is 10.0. The van der Waals surface area contributed by atoms with Gasteiger partial charge >= 0.3 is 6.01 Å². The van der Waals surface area contributed by atoms with E-state index in [1.165, 1.54) is 0 Å². The standard InChI is InChI=1S/C27H28FN5O3/c1-32-9-3-5-18(32)16-36-27-30-25-22(26(31-27)33-10-12-35-13-11-33)15-29-24(23(25)28)21-6-2-4-17-14-19(34)7-8-20(17)21/h2,4,6-8,14-15,18,34H,3,5,9-13,16H2,1H3/t18-/m0/s1. The zero-order valence-electron chi connectivity index (χ0n) is 20.2. The van der Waals surface area contributed by atoms with Crippen LogP contribution in [0.4, 0.5) is 10.2 Å². The summed E-state index contributed by atoms with van der Waals surface area (Å²) in [6.07, 6.45) is 3.83. The first-order valence-corrected chi connectivity index (χ1v) is 12.3. The molecule has 9 heteroatoms. The lowest BCUT2D eigenvalue weighted by Crippen LogP contribution is -2.37. The van der Waals surface area contributed by atoms with E-state index in [1.807, 2.05) is 18.2 Å². The Morgan fingerprint density at radius 3 is 2.78 bits per heavy atom. The zero-order chi connectivity index (χ0) is 24.6. The van der Waals surface area contributed by atoms with Crippen molar-refractivity contribution in [1.82, 2.24) is 19.9 Å². The van der Waals surface area contributed by atoms with Crippen LogP contribution in [0, 0.1) is 5.82 Å². The molecule has 2 aliphatic heterocycles. The Labute approximate surface area is 208 Å². The van der Waals surface area contributed by atoms with Gasteiger partial charge in [0, 0.05) is 30.9 Å². The molecular formula is C27H28FN5O3. The van der Waals surface area contributed by atoms with E-state index in [0.717, 1.165) is 30.2 Å². The lowest BCUT2D eigenvalue weighted by molar-refractivity contribution is 0.122. The number of morpholine rings is 1. The van der Waals surface area contributed by atoms with Crippen LogP contribution in [0.25, 0.3) is 32.9 Å².